The lowest BCUT2D eigenvalue weighted by molar-refractivity contribution is -0.384. The number of halogens is 1. The normalized spacial score (nSPS) is 10.0. The predicted octanol–water partition coefficient (Wildman–Crippen LogP) is 3.40. The van der Waals surface area contributed by atoms with E-state index >= 15 is 0 Å². The maximum atomic E-state index is 11.0. The Labute approximate surface area is 125 Å². The van der Waals surface area contributed by atoms with Gasteiger partial charge in [-0.25, -0.2) is 4.98 Å². The number of hydrogen-bond donors (Lipinski definition) is 1. The molecule has 0 saturated carbocycles. The van der Waals surface area contributed by atoms with Crippen molar-refractivity contribution in [2.24, 2.45) is 0 Å². The molecule has 0 fully saturated rings. The summed E-state index contributed by atoms with van der Waals surface area (Å²) < 4.78 is 10.3. The van der Waals surface area contributed by atoms with Gasteiger partial charge in [0.2, 0.25) is 5.82 Å². The Morgan fingerprint density at radius 2 is 2.00 bits per heavy atom. The quantitative estimate of drug-likeness (QED) is 0.517. The standard InChI is InChI=1S/C13H12ClN3O4/c1-20-8-3-4-9(11(7-8)21-2)15-13-10(17(18)19)5-6-12(14)16-13/h3-7H,1-2H3,(H,15,16). The van der Waals surface area contributed by atoms with Gasteiger partial charge in [0.1, 0.15) is 16.7 Å². The van der Waals surface area contributed by atoms with E-state index in [4.69, 9.17) is 21.1 Å². The molecule has 1 heterocycles. The summed E-state index contributed by atoms with van der Waals surface area (Å²) in [5.74, 6) is 1.10. The Morgan fingerprint density at radius 3 is 2.62 bits per heavy atom. The number of rotatable bonds is 5. The van der Waals surface area contributed by atoms with E-state index in [1.807, 2.05) is 0 Å². The van der Waals surface area contributed by atoms with Crippen LogP contribution in [0.3, 0.4) is 0 Å². The fourth-order valence-corrected chi connectivity index (χ4v) is 1.84. The molecule has 2 aromatic rings. The highest BCUT2D eigenvalue weighted by Crippen LogP contribution is 2.34. The van der Waals surface area contributed by atoms with Crippen molar-refractivity contribution in [1.82, 2.24) is 4.98 Å². The number of hydrogen-bond acceptors (Lipinski definition) is 6. The fourth-order valence-electron chi connectivity index (χ4n) is 1.70. The van der Waals surface area contributed by atoms with Crippen LogP contribution in [0.25, 0.3) is 0 Å². The zero-order valence-electron chi connectivity index (χ0n) is 11.3. The van der Waals surface area contributed by atoms with E-state index < -0.39 is 4.92 Å². The Bertz CT molecular complexity index is 678. The monoisotopic (exact) mass is 309 g/mol. The van der Waals surface area contributed by atoms with Crippen molar-refractivity contribution in [3.63, 3.8) is 0 Å². The maximum absolute atomic E-state index is 11.0. The van der Waals surface area contributed by atoms with Gasteiger partial charge in [0.15, 0.2) is 0 Å². The van der Waals surface area contributed by atoms with Crippen LogP contribution >= 0.6 is 11.6 Å². The maximum Gasteiger partial charge on any atom is 0.311 e. The van der Waals surface area contributed by atoms with Gasteiger partial charge in [0.25, 0.3) is 0 Å². The first-order chi connectivity index (χ1) is 10.0. The molecule has 1 aromatic heterocycles. The molecule has 21 heavy (non-hydrogen) atoms. The van der Waals surface area contributed by atoms with Crippen molar-refractivity contribution < 1.29 is 14.4 Å². The summed E-state index contributed by atoms with van der Waals surface area (Å²) in [4.78, 5) is 14.4. The average Bonchev–Trinajstić information content (AvgIpc) is 2.47. The molecule has 0 aliphatic carbocycles. The molecule has 2 rings (SSSR count). The number of benzene rings is 1. The van der Waals surface area contributed by atoms with Gasteiger partial charge in [-0.2, -0.15) is 0 Å². The summed E-state index contributed by atoms with van der Waals surface area (Å²) in [6, 6.07) is 7.66. The number of anilines is 2. The third kappa shape index (κ3) is 3.32. The van der Waals surface area contributed by atoms with Crippen LogP contribution in [0.1, 0.15) is 0 Å². The SMILES string of the molecule is COc1ccc(Nc2nc(Cl)ccc2[N+](=O)[O-])c(OC)c1. The number of methoxy groups -OCH3 is 2. The number of ether oxygens (including phenoxy) is 2. The first-order valence-corrected chi connectivity index (χ1v) is 6.23. The highest BCUT2D eigenvalue weighted by Gasteiger charge is 2.17. The topological polar surface area (TPSA) is 86.5 Å². The van der Waals surface area contributed by atoms with E-state index in [0.717, 1.165) is 0 Å². The number of nitro groups is 1. The average molecular weight is 310 g/mol. The zero-order chi connectivity index (χ0) is 15.4. The predicted molar refractivity (Wildman–Crippen MR) is 78.7 cm³/mol. The van der Waals surface area contributed by atoms with Crippen LogP contribution < -0.4 is 14.8 Å². The molecule has 1 aromatic carbocycles. The van der Waals surface area contributed by atoms with Gasteiger partial charge < -0.3 is 14.8 Å². The molecule has 8 heteroatoms. The van der Waals surface area contributed by atoms with Crippen molar-refractivity contribution in [2.45, 2.75) is 0 Å². The van der Waals surface area contributed by atoms with Gasteiger partial charge in [0.05, 0.1) is 24.8 Å². The van der Waals surface area contributed by atoms with Gasteiger partial charge in [-0.05, 0) is 18.2 Å². The van der Waals surface area contributed by atoms with E-state index in [1.165, 1.54) is 26.4 Å². The van der Waals surface area contributed by atoms with Crippen molar-refractivity contribution in [3.8, 4) is 11.5 Å². The van der Waals surface area contributed by atoms with Crippen molar-refractivity contribution in [3.05, 3.63) is 45.6 Å². The van der Waals surface area contributed by atoms with Gasteiger partial charge in [0, 0.05) is 12.1 Å². The lowest BCUT2D eigenvalue weighted by Gasteiger charge is -2.12. The first-order valence-electron chi connectivity index (χ1n) is 5.85. The first kappa shape index (κ1) is 14.9. The second-order valence-corrected chi connectivity index (χ2v) is 4.34. The number of aromatic nitrogens is 1. The molecule has 0 spiro atoms. The third-order valence-corrected chi connectivity index (χ3v) is 2.91. The van der Waals surface area contributed by atoms with E-state index in [0.29, 0.717) is 17.2 Å². The van der Waals surface area contributed by atoms with Crippen LogP contribution in [-0.4, -0.2) is 24.1 Å². The second kappa shape index (κ2) is 6.27. The smallest absolute Gasteiger partial charge is 0.311 e. The molecule has 0 saturated heterocycles. The molecule has 0 atom stereocenters. The highest BCUT2D eigenvalue weighted by molar-refractivity contribution is 6.29. The molecule has 0 radical (unpaired) electrons. The molecule has 0 bridgehead atoms. The van der Waals surface area contributed by atoms with Crippen molar-refractivity contribution in [1.29, 1.82) is 0 Å². The minimum Gasteiger partial charge on any atom is -0.497 e. The molecular weight excluding hydrogens is 298 g/mol. The molecule has 7 nitrogen and oxygen atoms in total. The largest absolute Gasteiger partial charge is 0.497 e. The van der Waals surface area contributed by atoms with E-state index in [-0.39, 0.29) is 16.7 Å². The number of pyridine rings is 1. The van der Waals surface area contributed by atoms with E-state index in [2.05, 4.69) is 10.3 Å². The van der Waals surface area contributed by atoms with Gasteiger partial charge >= 0.3 is 5.69 Å². The molecule has 110 valence electrons. The summed E-state index contributed by atoms with van der Waals surface area (Å²) >= 11 is 5.78. The zero-order valence-corrected chi connectivity index (χ0v) is 12.0. The Morgan fingerprint density at radius 1 is 1.24 bits per heavy atom. The molecule has 0 aliphatic rings. The lowest BCUT2D eigenvalue weighted by Crippen LogP contribution is -2.01. The van der Waals surface area contributed by atoms with E-state index in [1.54, 1.807) is 18.2 Å². The number of nitrogens with one attached hydrogen (secondary N) is 1. The lowest BCUT2D eigenvalue weighted by atomic mass is 10.2. The summed E-state index contributed by atoms with van der Waals surface area (Å²) in [7, 11) is 3.02. The Kier molecular flexibility index (Phi) is 4.44. The van der Waals surface area contributed by atoms with E-state index in [9.17, 15) is 10.1 Å². The van der Waals surface area contributed by atoms with Crippen LogP contribution in [0.4, 0.5) is 17.2 Å². The molecule has 1 N–H and O–H groups in total. The van der Waals surface area contributed by atoms with Crippen molar-refractivity contribution in [2.75, 3.05) is 19.5 Å². The van der Waals surface area contributed by atoms with Gasteiger partial charge in [-0.3, -0.25) is 10.1 Å². The summed E-state index contributed by atoms with van der Waals surface area (Å²) in [5, 5.41) is 14.0. The molecule has 0 aliphatic heterocycles. The highest BCUT2D eigenvalue weighted by atomic mass is 35.5. The third-order valence-electron chi connectivity index (χ3n) is 2.70. The van der Waals surface area contributed by atoms with Crippen LogP contribution in [0, 0.1) is 10.1 Å². The minimum atomic E-state index is -0.540. The summed E-state index contributed by atoms with van der Waals surface area (Å²) in [5.41, 5.74) is 0.327. The summed E-state index contributed by atoms with van der Waals surface area (Å²) in [6.07, 6.45) is 0. The second-order valence-electron chi connectivity index (χ2n) is 3.95. The molecular formula is C13H12ClN3O4. The van der Waals surface area contributed by atoms with Crippen LogP contribution in [0.15, 0.2) is 30.3 Å². The Balaban J connectivity index is 2.42. The van der Waals surface area contributed by atoms with Crippen molar-refractivity contribution >= 4 is 28.8 Å². The van der Waals surface area contributed by atoms with Gasteiger partial charge in [-0.15, -0.1) is 0 Å². The molecule has 0 amide bonds. The summed E-state index contributed by atoms with van der Waals surface area (Å²) in [6.45, 7) is 0. The molecule has 0 unspecified atom stereocenters. The Hall–Kier alpha value is -2.54. The minimum absolute atomic E-state index is 0.0379. The van der Waals surface area contributed by atoms with Gasteiger partial charge in [-0.1, -0.05) is 11.6 Å². The van der Waals surface area contributed by atoms with Crippen LogP contribution in [-0.2, 0) is 0 Å². The van der Waals surface area contributed by atoms with Crippen LogP contribution in [0.2, 0.25) is 5.15 Å². The number of nitrogens with zero attached hydrogens (tertiary/aromatic N) is 2. The fraction of sp³-hybridized carbons (Fsp3) is 0.154. The van der Waals surface area contributed by atoms with Crippen LogP contribution in [0.5, 0.6) is 11.5 Å².